The lowest BCUT2D eigenvalue weighted by Gasteiger charge is -1.99. The predicted molar refractivity (Wildman–Crippen MR) is 66.0 cm³/mol. The zero-order valence-electron chi connectivity index (χ0n) is 9.34. The summed E-state index contributed by atoms with van der Waals surface area (Å²) in [5.74, 6) is 0. The summed E-state index contributed by atoms with van der Waals surface area (Å²) in [4.78, 5) is 4.40. The van der Waals surface area contributed by atoms with E-state index in [0.29, 0.717) is 0 Å². The molecule has 0 amide bonds. The Bertz CT molecular complexity index is 420. The zero-order valence-corrected chi connectivity index (χ0v) is 9.34. The molecule has 84 valence electrons. The Morgan fingerprint density at radius 2 is 1.94 bits per heavy atom. The summed E-state index contributed by atoms with van der Waals surface area (Å²) in [7, 11) is 0. The zero-order chi connectivity index (χ0) is 11.2. The molecule has 0 aliphatic carbocycles. The highest BCUT2D eigenvalue weighted by atomic mass is 15.0. The molecule has 1 heterocycles. The van der Waals surface area contributed by atoms with E-state index in [1.807, 2.05) is 24.5 Å². The Morgan fingerprint density at radius 3 is 2.69 bits per heavy atom. The highest BCUT2D eigenvalue weighted by Gasteiger charge is 2.00. The average Bonchev–Trinajstić information content (AvgIpc) is 2.79. The van der Waals surface area contributed by atoms with Crippen molar-refractivity contribution in [3.63, 3.8) is 0 Å². The van der Waals surface area contributed by atoms with Gasteiger partial charge in [-0.15, -0.1) is 0 Å². The summed E-state index contributed by atoms with van der Waals surface area (Å²) in [6.07, 6.45) is 6.16. The van der Waals surface area contributed by atoms with Crippen LogP contribution in [0.15, 0.2) is 42.9 Å². The second-order valence-electron chi connectivity index (χ2n) is 3.86. The molecule has 0 radical (unpaired) electrons. The maximum Gasteiger partial charge on any atom is 0.0953 e. The van der Waals surface area contributed by atoms with Crippen LogP contribution in [0.2, 0.25) is 0 Å². The minimum Gasteiger partial charge on any atom is -0.337 e. The highest BCUT2D eigenvalue weighted by molar-refractivity contribution is 5.57. The molecule has 3 nitrogen and oxygen atoms in total. The molecule has 2 rings (SSSR count). The number of rotatable bonds is 5. The number of aryl methyl sites for hydroxylation is 1. The van der Waals surface area contributed by atoms with Gasteiger partial charge in [-0.25, -0.2) is 4.98 Å². The van der Waals surface area contributed by atoms with Gasteiger partial charge in [-0.3, -0.25) is 0 Å². The Balaban J connectivity index is 2.02. The molecular weight excluding hydrogens is 198 g/mol. The highest BCUT2D eigenvalue weighted by Crippen LogP contribution is 2.15. The van der Waals surface area contributed by atoms with Gasteiger partial charge in [0.05, 0.1) is 12.0 Å². The smallest absolute Gasteiger partial charge is 0.0953 e. The van der Waals surface area contributed by atoms with Crippen molar-refractivity contribution < 1.29 is 0 Å². The van der Waals surface area contributed by atoms with Crippen molar-refractivity contribution in [2.75, 3.05) is 6.54 Å². The lowest BCUT2D eigenvalue weighted by Crippen LogP contribution is -2.01. The average molecular weight is 215 g/mol. The minimum atomic E-state index is 0.764. The van der Waals surface area contributed by atoms with Gasteiger partial charge >= 0.3 is 0 Å². The Labute approximate surface area is 95.9 Å². The van der Waals surface area contributed by atoms with E-state index in [-0.39, 0.29) is 0 Å². The van der Waals surface area contributed by atoms with Gasteiger partial charge in [-0.05, 0) is 19.4 Å². The molecule has 1 aromatic carbocycles. The van der Waals surface area contributed by atoms with Crippen LogP contribution in [0.5, 0.6) is 0 Å². The lowest BCUT2D eigenvalue weighted by molar-refractivity contribution is 0.614. The number of aromatic nitrogens is 2. The fourth-order valence-corrected chi connectivity index (χ4v) is 1.68. The molecule has 0 aliphatic heterocycles. The molecule has 0 saturated heterocycles. The molecule has 2 aromatic rings. The topological polar surface area (TPSA) is 43.8 Å². The molecular formula is C13H17N3. The van der Waals surface area contributed by atoms with Crippen LogP contribution in [0.4, 0.5) is 0 Å². The van der Waals surface area contributed by atoms with Crippen molar-refractivity contribution in [2.24, 2.45) is 5.73 Å². The third kappa shape index (κ3) is 2.70. The first-order chi connectivity index (χ1) is 7.90. The van der Waals surface area contributed by atoms with Crippen LogP contribution >= 0.6 is 0 Å². The van der Waals surface area contributed by atoms with Crippen LogP contribution in [0.25, 0.3) is 11.3 Å². The van der Waals surface area contributed by atoms with Crippen molar-refractivity contribution in [1.29, 1.82) is 0 Å². The number of unbranched alkanes of at least 4 members (excludes halogenated alkanes) is 1. The molecule has 0 saturated carbocycles. The summed E-state index contributed by atoms with van der Waals surface area (Å²) in [6, 6.07) is 10.2. The molecule has 3 heteroatoms. The van der Waals surface area contributed by atoms with Gasteiger partial charge in [0.2, 0.25) is 0 Å². The number of nitrogens with two attached hydrogens (primary N) is 1. The molecule has 0 aliphatic rings. The van der Waals surface area contributed by atoms with Crippen molar-refractivity contribution >= 4 is 0 Å². The van der Waals surface area contributed by atoms with E-state index in [4.69, 9.17) is 5.73 Å². The first-order valence-electron chi connectivity index (χ1n) is 5.67. The third-order valence-electron chi connectivity index (χ3n) is 2.57. The Morgan fingerprint density at radius 1 is 1.12 bits per heavy atom. The van der Waals surface area contributed by atoms with Crippen LogP contribution in [0.1, 0.15) is 12.8 Å². The summed E-state index contributed by atoms with van der Waals surface area (Å²) in [5, 5.41) is 0. The fourth-order valence-electron chi connectivity index (χ4n) is 1.68. The van der Waals surface area contributed by atoms with Crippen LogP contribution in [0, 0.1) is 0 Å². The van der Waals surface area contributed by atoms with Gasteiger partial charge in [0.1, 0.15) is 0 Å². The van der Waals surface area contributed by atoms with Crippen molar-refractivity contribution in [2.45, 2.75) is 19.4 Å². The predicted octanol–water partition coefficient (Wildman–Crippen LogP) is 2.29. The molecule has 0 spiro atoms. The summed E-state index contributed by atoms with van der Waals surface area (Å²) in [6.45, 7) is 1.76. The molecule has 2 N–H and O–H groups in total. The first kappa shape index (κ1) is 10.9. The van der Waals surface area contributed by atoms with Gasteiger partial charge in [-0.1, -0.05) is 30.3 Å². The monoisotopic (exact) mass is 215 g/mol. The fraction of sp³-hybridized carbons (Fsp3) is 0.308. The normalized spacial score (nSPS) is 10.6. The Hall–Kier alpha value is -1.61. The first-order valence-corrected chi connectivity index (χ1v) is 5.67. The summed E-state index contributed by atoms with van der Waals surface area (Å²) in [5.41, 5.74) is 7.67. The van der Waals surface area contributed by atoms with Gasteiger partial charge < -0.3 is 10.3 Å². The van der Waals surface area contributed by atoms with Crippen LogP contribution < -0.4 is 5.73 Å². The molecule has 16 heavy (non-hydrogen) atoms. The van der Waals surface area contributed by atoms with Crippen LogP contribution in [-0.4, -0.2) is 16.1 Å². The van der Waals surface area contributed by atoms with Crippen molar-refractivity contribution in [3.05, 3.63) is 42.9 Å². The van der Waals surface area contributed by atoms with E-state index in [9.17, 15) is 0 Å². The van der Waals surface area contributed by atoms with Crippen LogP contribution in [0.3, 0.4) is 0 Å². The maximum atomic E-state index is 5.46. The van der Waals surface area contributed by atoms with Crippen LogP contribution in [-0.2, 0) is 6.54 Å². The van der Waals surface area contributed by atoms with Gasteiger partial charge in [0, 0.05) is 18.3 Å². The van der Waals surface area contributed by atoms with Gasteiger partial charge in [0.15, 0.2) is 0 Å². The minimum absolute atomic E-state index is 0.764. The van der Waals surface area contributed by atoms with E-state index >= 15 is 0 Å². The summed E-state index contributed by atoms with van der Waals surface area (Å²) < 4.78 is 2.12. The van der Waals surface area contributed by atoms with Gasteiger partial charge in [0.25, 0.3) is 0 Å². The number of hydrogen-bond donors (Lipinski definition) is 1. The maximum absolute atomic E-state index is 5.46. The van der Waals surface area contributed by atoms with Crippen molar-refractivity contribution in [3.8, 4) is 11.3 Å². The van der Waals surface area contributed by atoms with E-state index in [1.165, 1.54) is 5.56 Å². The van der Waals surface area contributed by atoms with Gasteiger partial charge in [-0.2, -0.15) is 0 Å². The molecule has 0 unspecified atom stereocenters. The quantitative estimate of drug-likeness (QED) is 0.778. The van der Waals surface area contributed by atoms with Crippen molar-refractivity contribution in [1.82, 2.24) is 9.55 Å². The van der Waals surface area contributed by atoms with E-state index in [2.05, 4.69) is 27.9 Å². The van der Waals surface area contributed by atoms with E-state index in [0.717, 1.165) is 31.6 Å². The molecule has 0 bridgehead atoms. The number of hydrogen-bond acceptors (Lipinski definition) is 2. The summed E-state index contributed by atoms with van der Waals surface area (Å²) >= 11 is 0. The number of nitrogens with zero attached hydrogens (tertiary/aromatic N) is 2. The lowest BCUT2D eigenvalue weighted by atomic mass is 10.2. The van der Waals surface area contributed by atoms with E-state index < -0.39 is 0 Å². The SMILES string of the molecule is NCCCCn1cnc(-c2ccccc2)c1. The third-order valence-corrected chi connectivity index (χ3v) is 2.57. The molecule has 0 fully saturated rings. The standard InChI is InChI=1S/C13H17N3/c14-8-4-5-9-16-10-13(15-11-16)12-6-2-1-3-7-12/h1-3,6-7,10-11H,4-5,8-9,14H2. The number of benzene rings is 1. The molecule has 0 atom stereocenters. The second kappa shape index (κ2) is 5.47. The second-order valence-corrected chi connectivity index (χ2v) is 3.86. The molecule has 1 aromatic heterocycles. The van der Waals surface area contributed by atoms with E-state index in [1.54, 1.807) is 0 Å². The number of imidazole rings is 1. The largest absolute Gasteiger partial charge is 0.337 e. The Kier molecular flexibility index (Phi) is 3.72.